The molecule has 5 rings (SSSR count). The van der Waals surface area contributed by atoms with Crippen LogP contribution in [0.25, 0.3) is 11.1 Å². The Balaban J connectivity index is 0.00000110. The van der Waals surface area contributed by atoms with Gasteiger partial charge < -0.3 is 19.3 Å². The van der Waals surface area contributed by atoms with E-state index in [0.29, 0.717) is 30.6 Å². The molecule has 2 atom stereocenters. The molecule has 0 spiro atoms. The Hall–Kier alpha value is -3.75. The van der Waals surface area contributed by atoms with Crippen LogP contribution in [0.5, 0.6) is 17.2 Å². The summed E-state index contributed by atoms with van der Waals surface area (Å²) in [5.41, 5.74) is 1.99. The number of carbonyl (C=O) groups is 1. The molecule has 3 aromatic carbocycles. The predicted octanol–water partition coefficient (Wildman–Crippen LogP) is 7.90. The van der Waals surface area contributed by atoms with Crippen LogP contribution in [0.3, 0.4) is 0 Å². The number of carboxylic acids is 1. The molecule has 2 aliphatic rings. The summed E-state index contributed by atoms with van der Waals surface area (Å²) in [6, 6.07) is 13.5. The molecule has 0 amide bonds. The molecule has 1 saturated carbocycles. The van der Waals surface area contributed by atoms with Gasteiger partial charge in [-0.3, -0.25) is 4.79 Å². The maximum atomic E-state index is 14.5. The van der Waals surface area contributed by atoms with Crippen molar-refractivity contribution in [1.82, 2.24) is 0 Å². The highest BCUT2D eigenvalue weighted by atomic mass is 19.4. The molecule has 2 unspecified atom stereocenters. The number of carboxylic acid groups (broad SMARTS) is 1. The number of benzene rings is 3. The van der Waals surface area contributed by atoms with E-state index in [9.17, 15) is 27.5 Å². The largest absolute Gasteiger partial charge is 0.573 e. The molecule has 3 aromatic rings. The fourth-order valence-corrected chi connectivity index (χ4v) is 4.23. The van der Waals surface area contributed by atoms with Crippen molar-refractivity contribution in [1.29, 1.82) is 0 Å². The summed E-state index contributed by atoms with van der Waals surface area (Å²) in [6.45, 7) is 1.61. The van der Waals surface area contributed by atoms with Gasteiger partial charge in [0.1, 0.15) is 29.2 Å². The van der Waals surface area contributed by atoms with Crippen LogP contribution in [-0.4, -0.2) is 24.5 Å². The van der Waals surface area contributed by atoms with Gasteiger partial charge in [-0.2, -0.15) is 0 Å². The third-order valence-electron chi connectivity index (χ3n) is 6.46. The van der Waals surface area contributed by atoms with Crippen LogP contribution in [-0.2, 0) is 17.6 Å². The molecular formula is C30H30F4O5. The maximum absolute atomic E-state index is 14.5. The summed E-state index contributed by atoms with van der Waals surface area (Å²) < 4.78 is 69.8. The van der Waals surface area contributed by atoms with Gasteiger partial charge in [-0.05, 0) is 66.3 Å². The quantitative estimate of drug-likeness (QED) is 0.305. The Morgan fingerprint density at radius 3 is 2.44 bits per heavy atom. The van der Waals surface area contributed by atoms with Crippen LogP contribution in [0.15, 0.2) is 54.6 Å². The van der Waals surface area contributed by atoms with Gasteiger partial charge >= 0.3 is 12.3 Å². The first kappa shape index (κ1) is 28.3. The van der Waals surface area contributed by atoms with E-state index in [-0.39, 0.29) is 16.9 Å². The van der Waals surface area contributed by atoms with Gasteiger partial charge in [0.15, 0.2) is 0 Å². The zero-order chi connectivity index (χ0) is 28.2. The highest BCUT2D eigenvalue weighted by Crippen LogP contribution is 2.41. The fraction of sp³-hybridized carbons (Fsp3) is 0.367. The third kappa shape index (κ3) is 7.65. The number of hydrogen-bond donors (Lipinski definition) is 1. The van der Waals surface area contributed by atoms with Crippen molar-refractivity contribution in [3.8, 4) is 28.4 Å². The summed E-state index contributed by atoms with van der Waals surface area (Å²) in [5.74, 6) is -1.91. The lowest BCUT2D eigenvalue weighted by Crippen LogP contribution is -2.19. The number of ether oxygens (including phenoxy) is 3. The van der Waals surface area contributed by atoms with Crippen molar-refractivity contribution in [3.05, 3.63) is 77.1 Å². The number of methoxy groups -OCH3 is 1. The van der Waals surface area contributed by atoms with Crippen molar-refractivity contribution in [2.75, 3.05) is 7.11 Å². The number of halogens is 4. The highest BCUT2D eigenvalue weighted by Gasteiger charge is 2.33. The first-order valence-electron chi connectivity index (χ1n) is 12.8. The van der Waals surface area contributed by atoms with Gasteiger partial charge in [0.2, 0.25) is 0 Å². The molecule has 208 valence electrons. The molecule has 0 radical (unpaired) electrons. The maximum Gasteiger partial charge on any atom is 0.573 e. The second kappa shape index (κ2) is 12.0. The van der Waals surface area contributed by atoms with Crippen LogP contribution < -0.4 is 14.2 Å². The minimum Gasteiger partial charge on any atom is -0.497 e. The highest BCUT2D eigenvalue weighted by molar-refractivity contribution is 5.73. The van der Waals surface area contributed by atoms with E-state index in [1.807, 2.05) is 12.1 Å². The van der Waals surface area contributed by atoms with Crippen LogP contribution in [0, 0.1) is 11.7 Å². The van der Waals surface area contributed by atoms with Gasteiger partial charge in [0, 0.05) is 11.1 Å². The predicted molar refractivity (Wildman–Crippen MR) is 138 cm³/mol. The van der Waals surface area contributed by atoms with Gasteiger partial charge in [-0.25, -0.2) is 4.39 Å². The van der Waals surface area contributed by atoms with Crippen molar-refractivity contribution in [2.24, 2.45) is 5.92 Å². The molecule has 5 nitrogen and oxygen atoms in total. The molecular weight excluding hydrogens is 516 g/mol. The van der Waals surface area contributed by atoms with Crippen LogP contribution >= 0.6 is 0 Å². The molecule has 1 heterocycles. The molecule has 1 aliphatic carbocycles. The van der Waals surface area contributed by atoms with E-state index in [0.717, 1.165) is 17.2 Å². The molecule has 9 heteroatoms. The van der Waals surface area contributed by atoms with E-state index in [1.165, 1.54) is 50.6 Å². The minimum atomic E-state index is -4.99. The van der Waals surface area contributed by atoms with E-state index >= 15 is 0 Å². The zero-order valence-corrected chi connectivity index (χ0v) is 21.7. The Morgan fingerprint density at radius 2 is 1.79 bits per heavy atom. The van der Waals surface area contributed by atoms with Crippen LogP contribution in [0.2, 0.25) is 0 Å². The average Bonchev–Trinajstić information content (AvgIpc) is 3.78. The van der Waals surface area contributed by atoms with Gasteiger partial charge in [-0.15, -0.1) is 13.2 Å². The van der Waals surface area contributed by atoms with E-state index in [4.69, 9.17) is 9.47 Å². The number of alkyl halides is 3. The molecule has 0 aromatic heterocycles. The smallest absolute Gasteiger partial charge is 0.497 e. The number of aryl methyl sites for hydroxylation is 1. The topological polar surface area (TPSA) is 65.0 Å². The normalized spacial score (nSPS) is 16.6. The average molecular weight is 547 g/mol. The zero-order valence-electron chi connectivity index (χ0n) is 21.7. The summed E-state index contributed by atoms with van der Waals surface area (Å²) in [6.07, 6.45) is 0.399. The summed E-state index contributed by atoms with van der Waals surface area (Å²) in [4.78, 5) is 11.2. The van der Waals surface area contributed by atoms with Crippen molar-refractivity contribution < 1.29 is 41.7 Å². The Bertz CT molecular complexity index is 1320. The number of rotatable bonds is 7. The molecule has 0 bridgehead atoms. The minimum absolute atomic E-state index is 0.0753. The van der Waals surface area contributed by atoms with Gasteiger partial charge in [0.05, 0.1) is 13.0 Å². The second-order valence-electron chi connectivity index (χ2n) is 9.74. The van der Waals surface area contributed by atoms with E-state index in [1.54, 1.807) is 19.1 Å². The van der Waals surface area contributed by atoms with E-state index < -0.39 is 35.9 Å². The van der Waals surface area contributed by atoms with Gasteiger partial charge in [0.25, 0.3) is 0 Å². The van der Waals surface area contributed by atoms with Crippen molar-refractivity contribution in [2.45, 2.75) is 57.9 Å². The summed E-state index contributed by atoms with van der Waals surface area (Å²) >= 11 is 0. The van der Waals surface area contributed by atoms with Crippen molar-refractivity contribution in [3.63, 3.8) is 0 Å². The Morgan fingerprint density at radius 1 is 1.05 bits per heavy atom. The van der Waals surface area contributed by atoms with Crippen LogP contribution in [0.1, 0.15) is 55.4 Å². The van der Waals surface area contributed by atoms with Crippen molar-refractivity contribution >= 4 is 5.97 Å². The van der Waals surface area contributed by atoms with E-state index in [2.05, 4.69) is 4.74 Å². The summed E-state index contributed by atoms with van der Waals surface area (Å²) in [7, 11) is 1.37. The first-order chi connectivity index (χ1) is 18.5. The third-order valence-corrected chi connectivity index (χ3v) is 6.46. The summed E-state index contributed by atoms with van der Waals surface area (Å²) in [5, 5.41) is 9.18. The second-order valence-corrected chi connectivity index (χ2v) is 9.74. The molecule has 0 saturated heterocycles. The molecule has 39 heavy (non-hydrogen) atoms. The monoisotopic (exact) mass is 546 g/mol. The Labute approximate surface area is 224 Å². The molecule has 1 N–H and O–H groups in total. The number of aliphatic carboxylic acids is 1. The Kier molecular flexibility index (Phi) is 8.67. The molecule has 1 fully saturated rings. The molecule has 1 aliphatic heterocycles. The number of hydrogen-bond acceptors (Lipinski definition) is 4. The van der Waals surface area contributed by atoms with Crippen LogP contribution in [0.4, 0.5) is 17.6 Å². The lowest BCUT2D eigenvalue weighted by molar-refractivity contribution is -0.274. The standard InChI is InChI=1S/C27H24F4O5.C3H6/c1-15(26(32)33)11-16-3-4-17-6-10-23(35-24(17)12-16)18-5-8-20(25(13-18)36-27(29,30)31)21-14-19(34-2)7-9-22(21)28;1-2-3-1/h3-5,7-9,12-15,23H,6,10-11H2,1-2H3,(H,32,33);1-3H2. The fourth-order valence-electron chi connectivity index (χ4n) is 4.23. The lowest BCUT2D eigenvalue weighted by atomic mass is 9.93. The lowest BCUT2D eigenvalue weighted by Gasteiger charge is -2.28. The van der Waals surface area contributed by atoms with Gasteiger partial charge in [-0.1, -0.05) is 50.5 Å². The number of fused-ring (bicyclic) bond motifs is 1. The SMILES string of the molecule is C1CC1.COc1ccc(F)c(-c2ccc(C3CCc4ccc(CC(C)C(=O)O)cc4O3)cc2OC(F)(F)F)c1. The first-order valence-corrected chi connectivity index (χ1v) is 12.8.